The van der Waals surface area contributed by atoms with Crippen LogP contribution in [0.5, 0.6) is 0 Å². The molecule has 0 amide bonds. The lowest BCUT2D eigenvalue weighted by atomic mass is 10.1. The van der Waals surface area contributed by atoms with Gasteiger partial charge in [-0.3, -0.25) is 4.79 Å². The molecular formula is C13H18N2O. The summed E-state index contributed by atoms with van der Waals surface area (Å²) in [5.74, 6) is 0.658. The molecule has 2 rings (SSSR count). The monoisotopic (exact) mass is 218 g/mol. The van der Waals surface area contributed by atoms with Crippen LogP contribution in [0.3, 0.4) is 0 Å². The van der Waals surface area contributed by atoms with Crippen molar-refractivity contribution in [2.24, 2.45) is 0 Å². The lowest BCUT2D eigenvalue weighted by Gasteiger charge is -2.02. The van der Waals surface area contributed by atoms with Crippen LogP contribution in [0.15, 0.2) is 16.9 Å². The van der Waals surface area contributed by atoms with Crippen LogP contribution in [0, 0.1) is 20.8 Å². The number of aromatic amines is 1. The number of nitrogens with one attached hydrogen (secondary N) is 1. The highest BCUT2D eigenvalue weighted by molar-refractivity contribution is 5.79. The quantitative estimate of drug-likeness (QED) is 0.739. The molecule has 86 valence electrons. The minimum Gasteiger partial charge on any atom is -0.310 e. The van der Waals surface area contributed by atoms with Crippen LogP contribution < -0.4 is 5.56 Å². The largest absolute Gasteiger partial charge is 0.310 e. The standard InChI is InChI=1S/C11H12N2O.C2H6/c1-6-4-9-10(5-7(6)2)12-8(3)13-11(9)14;1-2/h4-5H,1-3H3,(H,12,13,14);1-2H3. The molecule has 2 aromatic rings. The molecule has 0 aliphatic heterocycles. The summed E-state index contributed by atoms with van der Waals surface area (Å²) >= 11 is 0. The van der Waals surface area contributed by atoms with E-state index in [2.05, 4.69) is 9.97 Å². The molecule has 0 spiro atoms. The Bertz CT molecular complexity index is 556. The fraction of sp³-hybridized carbons (Fsp3) is 0.385. The van der Waals surface area contributed by atoms with Gasteiger partial charge in [0.25, 0.3) is 5.56 Å². The number of fused-ring (bicyclic) bond motifs is 1. The fourth-order valence-corrected chi connectivity index (χ4v) is 1.52. The maximum Gasteiger partial charge on any atom is 0.258 e. The molecule has 0 aliphatic rings. The highest BCUT2D eigenvalue weighted by Crippen LogP contribution is 2.13. The van der Waals surface area contributed by atoms with Crippen molar-refractivity contribution < 1.29 is 0 Å². The van der Waals surface area contributed by atoms with Gasteiger partial charge in [0.2, 0.25) is 0 Å². The predicted molar refractivity (Wildman–Crippen MR) is 67.9 cm³/mol. The van der Waals surface area contributed by atoms with Gasteiger partial charge in [0.15, 0.2) is 0 Å². The Balaban J connectivity index is 0.000000606. The van der Waals surface area contributed by atoms with Gasteiger partial charge >= 0.3 is 0 Å². The van der Waals surface area contributed by atoms with Crippen LogP contribution in [0.4, 0.5) is 0 Å². The molecule has 0 saturated heterocycles. The third-order valence-corrected chi connectivity index (χ3v) is 2.44. The van der Waals surface area contributed by atoms with Gasteiger partial charge in [-0.2, -0.15) is 0 Å². The maximum atomic E-state index is 11.6. The average Bonchev–Trinajstić information content (AvgIpc) is 2.24. The first-order chi connectivity index (χ1) is 7.58. The summed E-state index contributed by atoms with van der Waals surface area (Å²) in [5, 5.41) is 0.665. The van der Waals surface area contributed by atoms with E-state index in [0.29, 0.717) is 11.2 Å². The average molecular weight is 218 g/mol. The summed E-state index contributed by atoms with van der Waals surface area (Å²) in [7, 11) is 0. The third-order valence-electron chi connectivity index (χ3n) is 2.44. The molecule has 0 bridgehead atoms. The highest BCUT2D eigenvalue weighted by Gasteiger charge is 2.03. The molecule has 0 fully saturated rings. The fourth-order valence-electron chi connectivity index (χ4n) is 1.52. The van der Waals surface area contributed by atoms with E-state index >= 15 is 0 Å². The van der Waals surface area contributed by atoms with E-state index < -0.39 is 0 Å². The van der Waals surface area contributed by atoms with Gasteiger partial charge in [-0.25, -0.2) is 4.98 Å². The van der Waals surface area contributed by atoms with Crippen molar-refractivity contribution in [3.63, 3.8) is 0 Å². The lowest BCUT2D eigenvalue weighted by molar-refractivity contribution is 1.06. The van der Waals surface area contributed by atoms with Crippen molar-refractivity contribution in [1.82, 2.24) is 9.97 Å². The highest BCUT2D eigenvalue weighted by atomic mass is 16.1. The smallest absolute Gasteiger partial charge is 0.258 e. The Hall–Kier alpha value is -1.64. The second-order valence-electron chi connectivity index (χ2n) is 3.60. The van der Waals surface area contributed by atoms with Gasteiger partial charge in [0, 0.05) is 0 Å². The zero-order valence-corrected chi connectivity index (χ0v) is 10.5. The molecule has 1 heterocycles. The van der Waals surface area contributed by atoms with Crippen molar-refractivity contribution in [2.45, 2.75) is 34.6 Å². The number of benzene rings is 1. The Kier molecular flexibility index (Phi) is 3.82. The van der Waals surface area contributed by atoms with E-state index in [-0.39, 0.29) is 5.56 Å². The molecule has 1 aromatic heterocycles. The molecule has 0 unspecified atom stereocenters. The molecule has 0 saturated carbocycles. The molecule has 3 heteroatoms. The summed E-state index contributed by atoms with van der Waals surface area (Å²) in [6.07, 6.45) is 0. The van der Waals surface area contributed by atoms with Gasteiger partial charge in [-0.05, 0) is 44.0 Å². The van der Waals surface area contributed by atoms with Gasteiger partial charge in [-0.1, -0.05) is 13.8 Å². The van der Waals surface area contributed by atoms with Gasteiger partial charge < -0.3 is 4.98 Å². The SMILES string of the molecule is CC.Cc1nc2cc(C)c(C)cc2c(=O)[nH]1. The third kappa shape index (κ3) is 2.30. The number of aryl methyl sites for hydroxylation is 3. The molecule has 0 atom stereocenters. The normalized spacial score (nSPS) is 9.81. The molecule has 3 nitrogen and oxygen atoms in total. The topological polar surface area (TPSA) is 45.8 Å². The minimum atomic E-state index is -0.0596. The van der Waals surface area contributed by atoms with Gasteiger partial charge in [0.05, 0.1) is 10.9 Å². The molecule has 16 heavy (non-hydrogen) atoms. The number of H-pyrrole nitrogens is 1. The molecule has 0 radical (unpaired) electrons. The zero-order chi connectivity index (χ0) is 12.3. The van der Waals surface area contributed by atoms with Crippen molar-refractivity contribution in [3.8, 4) is 0 Å². The summed E-state index contributed by atoms with van der Waals surface area (Å²) < 4.78 is 0. The Labute approximate surface area is 95.5 Å². The van der Waals surface area contributed by atoms with Crippen LogP contribution in [-0.4, -0.2) is 9.97 Å². The first-order valence-corrected chi connectivity index (χ1v) is 5.56. The van der Waals surface area contributed by atoms with Crippen molar-refractivity contribution in [2.75, 3.05) is 0 Å². The van der Waals surface area contributed by atoms with Gasteiger partial charge in [0.1, 0.15) is 5.82 Å². The predicted octanol–water partition coefficient (Wildman–Crippen LogP) is 2.87. The second kappa shape index (κ2) is 4.92. The minimum absolute atomic E-state index is 0.0596. The van der Waals surface area contributed by atoms with E-state index in [1.165, 1.54) is 0 Å². The van der Waals surface area contributed by atoms with Crippen LogP contribution in [0.1, 0.15) is 30.8 Å². The van der Waals surface area contributed by atoms with E-state index in [9.17, 15) is 4.79 Å². The second-order valence-corrected chi connectivity index (χ2v) is 3.60. The van der Waals surface area contributed by atoms with Crippen molar-refractivity contribution in [1.29, 1.82) is 0 Å². The molecule has 0 aliphatic carbocycles. The summed E-state index contributed by atoms with van der Waals surface area (Å²) in [6.45, 7) is 9.80. The Morgan fingerprint density at radius 1 is 1.06 bits per heavy atom. The summed E-state index contributed by atoms with van der Waals surface area (Å²) in [6, 6.07) is 3.84. The zero-order valence-electron chi connectivity index (χ0n) is 10.5. The summed E-state index contributed by atoms with van der Waals surface area (Å²) in [4.78, 5) is 18.5. The van der Waals surface area contributed by atoms with Gasteiger partial charge in [-0.15, -0.1) is 0 Å². The van der Waals surface area contributed by atoms with Crippen LogP contribution in [0.2, 0.25) is 0 Å². The van der Waals surface area contributed by atoms with Crippen LogP contribution in [0.25, 0.3) is 10.9 Å². The maximum absolute atomic E-state index is 11.6. The van der Waals surface area contributed by atoms with Crippen molar-refractivity contribution >= 4 is 10.9 Å². The number of aromatic nitrogens is 2. The molecular weight excluding hydrogens is 200 g/mol. The van der Waals surface area contributed by atoms with Crippen LogP contribution >= 0.6 is 0 Å². The lowest BCUT2D eigenvalue weighted by Crippen LogP contribution is -2.10. The number of hydrogen-bond donors (Lipinski definition) is 1. The number of hydrogen-bond acceptors (Lipinski definition) is 2. The molecule has 1 N–H and O–H groups in total. The molecule has 1 aromatic carbocycles. The first-order valence-electron chi connectivity index (χ1n) is 5.56. The van der Waals surface area contributed by atoms with E-state index in [1.54, 1.807) is 6.92 Å². The number of nitrogens with zero attached hydrogens (tertiary/aromatic N) is 1. The van der Waals surface area contributed by atoms with E-state index in [0.717, 1.165) is 16.6 Å². The Morgan fingerprint density at radius 3 is 2.25 bits per heavy atom. The van der Waals surface area contributed by atoms with E-state index in [4.69, 9.17) is 0 Å². The Morgan fingerprint density at radius 2 is 1.62 bits per heavy atom. The van der Waals surface area contributed by atoms with E-state index in [1.807, 2.05) is 39.8 Å². The number of rotatable bonds is 0. The first kappa shape index (κ1) is 12.4. The summed E-state index contributed by atoms with van der Waals surface area (Å²) in [5.41, 5.74) is 2.99. The van der Waals surface area contributed by atoms with Crippen molar-refractivity contribution in [3.05, 3.63) is 39.4 Å². The van der Waals surface area contributed by atoms with Crippen LogP contribution in [-0.2, 0) is 0 Å².